The first-order chi connectivity index (χ1) is 12.8. The van der Waals surface area contributed by atoms with Gasteiger partial charge in [0.1, 0.15) is 5.60 Å². The van der Waals surface area contributed by atoms with Crippen LogP contribution in [0.5, 0.6) is 0 Å². The normalized spacial score (nSPS) is 15.4. The van der Waals surface area contributed by atoms with Gasteiger partial charge in [-0.25, -0.2) is 4.79 Å². The second-order valence-electron chi connectivity index (χ2n) is 8.40. The molecule has 1 saturated heterocycles. The monoisotopic (exact) mass is 366 g/mol. The topological polar surface area (TPSA) is 32.8 Å². The van der Waals surface area contributed by atoms with Crippen LogP contribution in [0, 0.1) is 5.92 Å². The van der Waals surface area contributed by atoms with Crippen molar-refractivity contribution in [2.75, 3.05) is 26.7 Å². The Morgan fingerprint density at radius 2 is 1.52 bits per heavy atom. The molecule has 0 unspecified atom stereocenters. The van der Waals surface area contributed by atoms with Gasteiger partial charge < -0.3 is 9.64 Å². The molecule has 2 aromatic rings. The van der Waals surface area contributed by atoms with Crippen molar-refractivity contribution < 1.29 is 9.53 Å². The molecule has 4 heteroatoms. The fourth-order valence-electron chi connectivity index (χ4n) is 3.62. The van der Waals surface area contributed by atoms with Crippen LogP contribution in [0.2, 0.25) is 0 Å². The molecule has 0 spiro atoms. The molecule has 1 amide bonds. The van der Waals surface area contributed by atoms with Crippen molar-refractivity contribution in [3.8, 4) is 0 Å². The number of rotatable bonds is 5. The smallest absolute Gasteiger partial charge is 0.410 e. The third-order valence-electron chi connectivity index (χ3n) is 4.82. The number of ether oxygens (including phenoxy) is 1. The van der Waals surface area contributed by atoms with E-state index in [-0.39, 0.29) is 12.1 Å². The average Bonchev–Trinajstić information content (AvgIpc) is 2.60. The van der Waals surface area contributed by atoms with E-state index >= 15 is 0 Å². The summed E-state index contributed by atoms with van der Waals surface area (Å²) in [6.07, 6.45) is -0.247. The molecule has 27 heavy (non-hydrogen) atoms. The number of amides is 1. The molecule has 4 nitrogen and oxygen atoms in total. The molecule has 1 fully saturated rings. The molecule has 1 aliphatic heterocycles. The first-order valence-electron chi connectivity index (χ1n) is 9.61. The van der Waals surface area contributed by atoms with Gasteiger partial charge in [-0.3, -0.25) is 4.90 Å². The summed E-state index contributed by atoms with van der Waals surface area (Å²) in [6.45, 7) is 8.36. The first-order valence-corrected chi connectivity index (χ1v) is 9.61. The number of hydrogen-bond acceptors (Lipinski definition) is 3. The molecular formula is C23H30N2O2. The summed E-state index contributed by atoms with van der Waals surface area (Å²) in [4.78, 5) is 16.4. The molecule has 1 heterocycles. The van der Waals surface area contributed by atoms with E-state index < -0.39 is 5.60 Å². The minimum atomic E-state index is -0.456. The third-order valence-corrected chi connectivity index (χ3v) is 4.82. The predicted molar refractivity (Wildman–Crippen MR) is 109 cm³/mol. The summed E-state index contributed by atoms with van der Waals surface area (Å²) in [5.41, 5.74) is 2.16. The van der Waals surface area contributed by atoms with Crippen molar-refractivity contribution in [2.24, 2.45) is 5.92 Å². The molecule has 0 atom stereocenters. The van der Waals surface area contributed by atoms with Gasteiger partial charge in [0.05, 0.1) is 6.04 Å². The number of hydrogen-bond donors (Lipinski definition) is 0. The van der Waals surface area contributed by atoms with E-state index in [0.717, 1.165) is 19.6 Å². The van der Waals surface area contributed by atoms with Crippen LogP contribution in [-0.2, 0) is 4.74 Å². The maximum absolute atomic E-state index is 12.2. The average molecular weight is 367 g/mol. The lowest BCUT2D eigenvalue weighted by molar-refractivity contribution is 0.0110. The minimum Gasteiger partial charge on any atom is -0.444 e. The molecule has 0 saturated carbocycles. The van der Waals surface area contributed by atoms with Crippen LogP contribution >= 0.6 is 0 Å². The second-order valence-corrected chi connectivity index (χ2v) is 8.40. The van der Waals surface area contributed by atoms with Crippen LogP contribution in [0.1, 0.15) is 37.9 Å². The van der Waals surface area contributed by atoms with Crippen molar-refractivity contribution in [2.45, 2.75) is 32.4 Å². The van der Waals surface area contributed by atoms with Gasteiger partial charge in [-0.2, -0.15) is 0 Å². The van der Waals surface area contributed by atoms with Crippen molar-refractivity contribution >= 4 is 6.09 Å². The largest absolute Gasteiger partial charge is 0.444 e. The number of carbonyl (C=O) groups is 1. The van der Waals surface area contributed by atoms with Crippen LogP contribution in [0.3, 0.4) is 0 Å². The number of nitrogens with zero attached hydrogens (tertiary/aromatic N) is 2. The first kappa shape index (κ1) is 19.4. The Bertz CT molecular complexity index is 694. The lowest BCUT2D eigenvalue weighted by Gasteiger charge is -2.46. The molecule has 2 aromatic carbocycles. The number of carbonyl (C=O) groups excluding carboxylic acids is 1. The van der Waals surface area contributed by atoms with E-state index in [9.17, 15) is 4.79 Å². The van der Waals surface area contributed by atoms with E-state index in [1.54, 1.807) is 4.90 Å². The van der Waals surface area contributed by atoms with Crippen molar-refractivity contribution in [3.05, 3.63) is 71.8 Å². The zero-order valence-electron chi connectivity index (χ0n) is 16.8. The molecule has 1 aliphatic rings. The molecule has 144 valence electrons. The maximum atomic E-state index is 12.2. The Balaban J connectivity index is 1.63. The third kappa shape index (κ3) is 5.10. The SMILES string of the molecule is CN(CC1CN(C(c2ccccc2)c2ccccc2)C1)C(=O)OC(C)(C)C. The quantitative estimate of drug-likeness (QED) is 0.777. The number of benzene rings is 2. The highest BCUT2D eigenvalue weighted by atomic mass is 16.6. The Labute approximate surface area is 162 Å². The Morgan fingerprint density at radius 1 is 1.04 bits per heavy atom. The summed E-state index contributed by atoms with van der Waals surface area (Å²) in [5.74, 6) is 0.470. The Kier molecular flexibility index (Phi) is 5.85. The van der Waals surface area contributed by atoms with E-state index in [4.69, 9.17) is 4.74 Å². The van der Waals surface area contributed by atoms with Crippen molar-refractivity contribution in [3.63, 3.8) is 0 Å². The summed E-state index contributed by atoms with van der Waals surface area (Å²) < 4.78 is 5.46. The van der Waals surface area contributed by atoms with Crippen LogP contribution in [0.15, 0.2) is 60.7 Å². The molecule has 0 radical (unpaired) electrons. The standard InChI is InChI=1S/C23H30N2O2/c1-23(2,3)27-22(26)24(4)15-18-16-25(17-18)21(19-11-7-5-8-12-19)20-13-9-6-10-14-20/h5-14,18,21H,15-17H2,1-4H3. The summed E-state index contributed by atoms with van der Waals surface area (Å²) in [7, 11) is 1.82. The van der Waals surface area contributed by atoms with Gasteiger partial charge >= 0.3 is 6.09 Å². The van der Waals surface area contributed by atoms with Gasteiger partial charge in [0.25, 0.3) is 0 Å². The van der Waals surface area contributed by atoms with Crippen LogP contribution in [-0.4, -0.2) is 48.2 Å². The molecule has 0 bridgehead atoms. The highest BCUT2D eigenvalue weighted by Crippen LogP contribution is 2.34. The lowest BCUT2D eigenvalue weighted by Crippen LogP contribution is -2.53. The molecule has 0 aromatic heterocycles. The van der Waals surface area contributed by atoms with E-state index in [2.05, 4.69) is 65.6 Å². The van der Waals surface area contributed by atoms with Gasteiger partial charge in [0.15, 0.2) is 0 Å². The fraction of sp³-hybridized carbons (Fsp3) is 0.435. The molecule has 3 rings (SSSR count). The van der Waals surface area contributed by atoms with Crippen molar-refractivity contribution in [1.82, 2.24) is 9.80 Å². The zero-order chi connectivity index (χ0) is 19.4. The fourth-order valence-corrected chi connectivity index (χ4v) is 3.62. The predicted octanol–water partition coefficient (Wildman–Crippen LogP) is 4.57. The van der Waals surface area contributed by atoms with E-state index in [1.165, 1.54) is 11.1 Å². The van der Waals surface area contributed by atoms with Gasteiger partial charge in [-0.1, -0.05) is 60.7 Å². The van der Waals surface area contributed by atoms with E-state index in [1.807, 2.05) is 27.8 Å². The summed E-state index contributed by atoms with van der Waals surface area (Å²) in [6, 6.07) is 21.5. The molecular weight excluding hydrogens is 336 g/mol. The minimum absolute atomic E-state index is 0.247. The van der Waals surface area contributed by atoms with Crippen LogP contribution < -0.4 is 0 Å². The van der Waals surface area contributed by atoms with Crippen LogP contribution in [0.4, 0.5) is 4.79 Å². The molecule has 0 aliphatic carbocycles. The Hall–Kier alpha value is -2.33. The summed E-state index contributed by atoms with van der Waals surface area (Å²) >= 11 is 0. The summed E-state index contributed by atoms with van der Waals surface area (Å²) in [5, 5.41) is 0. The van der Waals surface area contributed by atoms with E-state index in [0.29, 0.717) is 5.92 Å². The van der Waals surface area contributed by atoms with Crippen LogP contribution in [0.25, 0.3) is 0 Å². The second kappa shape index (κ2) is 8.13. The maximum Gasteiger partial charge on any atom is 0.410 e. The lowest BCUT2D eigenvalue weighted by atomic mass is 9.90. The number of likely N-dealkylation sites (tertiary alicyclic amines) is 1. The van der Waals surface area contributed by atoms with Gasteiger partial charge in [-0.15, -0.1) is 0 Å². The van der Waals surface area contributed by atoms with Crippen molar-refractivity contribution in [1.29, 1.82) is 0 Å². The van der Waals surface area contributed by atoms with Gasteiger partial charge in [0.2, 0.25) is 0 Å². The Morgan fingerprint density at radius 3 is 1.96 bits per heavy atom. The molecule has 0 N–H and O–H groups in total. The highest BCUT2D eigenvalue weighted by Gasteiger charge is 2.35. The zero-order valence-corrected chi connectivity index (χ0v) is 16.8. The van der Waals surface area contributed by atoms with Gasteiger partial charge in [-0.05, 0) is 31.9 Å². The highest BCUT2D eigenvalue weighted by molar-refractivity contribution is 5.67. The van der Waals surface area contributed by atoms with Gasteiger partial charge in [0, 0.05) is 32.6 Å².